The average molecular weight is 161 g/mol. The van der Waals surface area contributed by atoms with E-state index in [9.17, 15) is 4.79 Å². The van der Waals surface area contributed by atoms with Crippen molar-refractivity contribution < 1.29 is 9.63 Å². The molecular weight excluding hydrogens is 153 g/mol. The van der Waals surface area contributed by atoms with E-state index in [1.165, 1.54) is 0 Å². The molecule has 1 aromatic rings. The molecule has 0 aromatic heterocycles. The number of rotatable bonds is 1. The van der Waals surface area contributed by atoms with Crippen LogP contribution in [0.25, 0.3) is 0 Å². The van der Waals surface area contributed by atoms with Crippen molar-refractivity contribution in [1.29, 1.82) is 0 Å². The second-order valence-electron chi connectivity index (χ2n) is 1.77. The Morgan fingerprint density at radius 1 is 1.27 bits per heavy atom. The number of hydrogen-bond acceptors (Lipinski definition) is 3. The van der Waals surface area contributed by atoms with Crippen molar-refractivity contribution in [2.24, 2.45) is 5.90 Å². The van der Waals surface area contributed by atoms with E-state index in [0.29, 0.717) is 5.56 Å². The van der Waals surface area contributed by atoms with Gasteiger partial charge in [-0.25, -0.2) is 4.79 Å². The quantitative estimate of drug-likeness (QED) is 0.468. The summed E-state index contributed by atoms with van der Waals surface area (Å²) in [5, 5.41) is 0. The summed E-state index contributed by atoms with van der Waals surface area (Å²) in [5.74, 6) is 4.14. The van der Waals surface area contributed by atoms with Crippen molar-refractivity contribution in [3.8, 4) is 0 Å². The third kappa shape index (κ3) is 3.03. The van der Waals surface area contributed by atoms with E-state index in [1.54, 1.807) is 24.3 Å². The van der Waals surface area contributed by atoms with Crippen LogP contribution in [0.5, 0.6) is 0 Å². The predicted octanol–water partition coefficient (Wildman–Crippen LogP) is 0.0686. The van der Waals surface area contributed by atoms with Gasteiger partial charge in [0.15, 0.2) is 0 Å². The first-order chi connectivity index (χ1) is 4.84. The van der Waals surface area contributed by atoms with Crippen molar-refractivity contribution in [3.63, 3.8) is 0 Å². The summed E-state index contributed by atoms with van der Waals surface area (Å²) in [6.45, 7) is 0. The van der Waals surface area contributed by atoms with Gasteiger partial charge in [-0.15, -0.1) is 0 Å². The molecule has 3 nitrogen and oxygen atoms in total. The fourth-order valence-corrected chi connectivity index (χ4v) is 0.642. The van der Waals surface area contributed by atoms with E-state index in [2.05, 4.69) is 10.7 Å². The molecule has 2 N–H and O–H groups in total. The van der Waals surface area contributed by atoms with Gasteiger partial charge in [0.2, 0.25) is 0 Å². The molecule has 1 rings (SSSR count). The first-order valence-electron chi connectivity index (χ1n) is 2.80. The standard InChI is InChI=1S/C7H7NO2.Na.H/c8-10-7(9)6-4-2-1-3-5-6;;/h1-5H,8H2;;. The maximum absolute atomic E-state index is 10.7. The van der Waals surface area contributed by atoms with E-state index in [-0.39, 0.29) is 29.6 Å². The molecule has 0 heterocycles. The molecule has 0 unspecified atom stereocenters. The fourth-order valence-electron chi connectivity index (χ4n) is 0.642. The molecule has 0 atom stereocenters. The Labute approximate surface area is 86.8 Å². The summed E-state index contributed by atoms with van der Waals surface area (Å²) < 4.78 is 0. The first-order valence-corrected chi connectivity index (χ1v) is 2.80. The summed E-state index contributed by atoms with van der Waals surface area (Å²) in [7, 11) is 0. The molecule has 0 aliphatic rings. The molecule has 4 heteroatoms. The van der Waals surface area contributed by atoms with Crippen LogP contribution in [0.3, 0.4) is 0 Å². The second-order valence-corrected chi connectivity index (χ2v) is 1.77. The summed E-state index contributed by atoms with van der Waals surface area (Å²) in [6, 6.07) is 8.57. The molecule has 0 saturated carbocycles. The van der Waals surface area contributed by atoms with E-state index >= 15 is 0 Å². The van der Waals surface area contributed by atoms with Crippen LogP contribution in [0.15, 0.2) is 30.3 Å². The molecule has 1 aromatic carbocycles. The number of benzene rings is 1. The zero-order chi connectivity index (χ0) is 7.40. The Morgan fingerprint density at radius 3 is 2.27 bits per heavy atom. The van der Waals surface area contributed by atoms with Gasteiger partial charge in [0.05, 0.1) is 5.56 Å². The van der Waals surface area contributed by atoms with Crippen LogP contribution in [-0.2, 0) is 4.84 Å². The maximum atomic E-state index is 10.7. The Bertz CT molecular complexity index is 225. The summed E-state index contributed by atoms with van der Waals surface area (Å²) in [5.41, 5.74) is 0.463. The first kappa shape index (κ1) is 10.7. The van der Waals surface area contributed by atoms with E-state index in [4.69, 9.17) is 0 Å². The number of hydrogen-bond donors (Lipinski definition) is 1. The molecule has 0 amide bonds. The van der Waals surface area contributed by atoms with Crippen LogP contribution in [0, 0.1) is 0 Å². The Hall–Kier alpha value is -0.350. The predicted molar refractivity (Wildman–Crippen MR) is 43.2 cm³/mol. The molecule has 0 fully saturated rings. The summed E-state index contributed by atoms with van der Waals surface area (Å²) in [6.07, 6.45) is 0. The average Bonchev–Trinajstić information content (AvgIpc) is 2.05. The van der Waals surface area contributed by atoms with Gasteiger partial charge in [-0.3, -0.25) is 0 Å². The Morgan fingerprint density at radius 2 is 1.82 bits per heavy atom. The zero-order valence-corrected chi connectivity index (χ0v) is 5.28. The summed E-state index contributed by atoms with van der Waals surface area (Å²) >= 11 is 0. The van der Waals surface area contributed by atoms with Gasteiger partial charge >= 0.3 is 35.5 Å². The van der Waals surface area contributed by atoms with Gasteiger partial charge in [-0.2, -0.15) is 5.90 Å². The van der Waals surface area contributed by atoms with Crippen LogP contribution in [0.4, 0.5) is 0 Å². The van der Waals surface area contributed by atoms with Crippen molar-refractivity contribution in [3.05, 3.63) is 35.9 Å². The minimum atomic E-state index is -0.513. The van der Waals surface area contributed by atoms with Gasteiger partial charge < -0.3 is 4.84 Å². The molecular formula is C7H8NNaO2. The monoisotopic (exact) mass is 161 g/mol. The van der Waals surface area contributed by atoms with Crippen LogP contribution in [-0.4, -0.2) is 35.5 Å². The van der Waals surface area contributed by atoms with Crippen molar-refractivity contribution in [2.45, 2.75) is 0 Å². The molecule has 0 radical (unpaired) electrons. The van der Waals surface area contributed by atoms with Crippen LogP contribution >= 0.6 is 0 Å². The van der Waals surface area contributed by atoms with Gasteiger partial charge in [0.1, 0.15) is 0 Å². The molecule has 0 aliphatic heterocycles. The van der Waals surface area contributed by atoms with Gasteiger partial charge in [0.25, 0.3) is 0 Å². The van der Waals surface area contributed by atoms with E-state index in [0.717, 1.165) is 0 Å². The van der Waals surface area contributed by atoms with Crippen molar-refractivity contribution in [2.75, 3.05) is 0 Å². The van der Waals surface area contributed by atoms with Crippen molar-refractivity contribution in [1.82, 2.24) is 0 Å². The van der Waals surface area contributed by atoms with E-state index < -0.39 is 5.97 Å². The molecule has 54 valence electrons. The molecule has 11 heavy (non-hydrogen) atoms. The number of nitrogens with two attached hydrogens (primary N) is 1. The Balaban J connectivity index is 0.000001000. The SMILES string of the molecule is NOC(=O)c1ccccc1.[NaH]. The van der Waals surface area contributed by atoms with Crippen LogP contribution < -0.4 is 5.90 Å². The zero-order valence-electron chi connectivity index (χ0n) is 5.28. The van der Waals surface area contributed by atoms with Crippen LogP contribution in [0.2, 0.25) is 0 Å². The van der Waals surface area contributed by atoms with Crippen molar-refractivity contribution >= 4 is 35.5 Å². The number of carbonyl (C=O) groups excluding carboxylic acids is 1. The van der Waals surface area contributed by atoms with Gasteiger partial charge in [0, 0.05) is 0 Å². The summed E-state index contributed by atoms with van der Waals surface area (Å²) in [4.78, 5) is 14.7. The molecule has 0 spiro atoms. The number of carbonyl (C=O) groups is 1. The normalized spacial score (nSPS) is 8.09. The van der Waals surface area contributed by atoms with Crippen LogP contribution in [0.1, 0.15) is 10.4 Å². The second kappa shape index (κ2) is 5.32. The van der Waals surface area contributed by atoms with Gasteiger partial charge in [-0.1, -0.05) is 18.2 Å². The molecule has 0 saturated heterocycles. The fraction of sp³-hybridized carbons (Fsp3) is 0. The third-order valence-electron chi connectivity index (χ3n) is 1.12. The molecule has 0 aliphatic carbocycles. The third-order valence-corrected chi connectivity index (χ3v) is 1.12. The topological polar surface area (TPSA) is 52.3 Å². The Kier molecular flexibility index (Phi) is 5.15. The minimum absolute atomic E-state index is 0. The van der Waals surface area contributed by atoms with Gasteiger partial charge in [-0.05, 0) is 12.1 Å². The van der Waals surface area contributed by atoms with E-state index in [1.807, 2.05) is 6.07 Å². The molecule has 0 bridgehead atoms.